The molecule has 0 saturated heterocycles. The Morgan fingerprint density at radius 1 is 1.12 bits per heavy atom. The first kappa shape index (κ1) is 15.1. The van der Waals surface area contributed by atoms with Crippen LogP contribution in [0.3, 0.4) is 0 Å². The summed E-state index contributed by atoms with van der Waals surface area (Å²) in [4.78, 5) is 0. The van der Waals surface area contributed by atoms with Crippen LogP contribution in [0.15, 0.2) is 0 Å². The van der Waals surface area contributed by atoms with Crippen molar-refractivity contribution >= 4 is 0 Å². The molecule has 1 aliphatic rings. The van der Waals surface area contributed by atoms with E-state index in [0.717, 1.165) is 6.42 Å². The topological polar surface area (TPSA) is 0 Å². The molecule has 0 nitrogen and oxygen atoms in total. The van der Waals surface area contributed by atoms with Crippen molar-refractivity contribution in [3.05, 3.63) is 0 Å². The zero-order valence-corrected chi connectivity index (χ0v) is 11.4. The second-order valence-electron chi connectivity index (χ2n) is 5.37. The monoisotopic (exact) mass is 218 g/mol. The van der Waals surface area contributed by atoms with E-state index in [1.54, 1.807) is 0 Å². The van der Waals surface area contributed by atoms with Crippen molar-refractivity contribution in [2.24, 2.45) is 10.8 Å². The molecule has 0 atom stereocenters. The van der Waals surface area contributed by atoms with E-state index in [1.807, 2.05) is 0 Å². The first-order valence-electron chi connectivity index (χ1n) is 6.41. The molecule has 0 aromatic carbocycles. The molecule has 0 amide bonds. The predicted molar refractivity (Wildman–Crippen MR) is 72.9 cm³/mol. The molecule has 16 heavy (non-hydrogen) atoms. The van der Waals surface area contributed by atoms with Gasteiger partial charge in [-0.15, -0.1) is 18.8 Å². The standard InChI is InChI=1S/C9H14.C7H12/c1-3-9(4-2)7-5-6-8-9;1-5-7(3,4)6-2/h1H,4-8H2,2H3;1H,6H2,2-4H3. The Bertz CT molecular complexity index is 263. The molecule has 0 N–H and O–H groups in total. The highest BCUT2D eigenvalue weighted by molar-refractivity contribution is 5.07. The Morgan fingerprint density at radius 3 is 1.75 bits per heavy atom. The SMILES string of the molecule is C#CC(C)(C)CC.C#CC1(CC)CCCC1. The van der Waals surface area contributed by atoms with Crippen LogP contribution in [0.1, 0.15) is 66.2 Å². The number of terminal acetylenes is 2. The molecule has 1 fully saturated rings. The van der Waals surface area contributed by atoms with Crippen LogP contribution < -0.4 is 0 Å². The van der Waals surface area contributed by atoms with Crippen LogP contribution in [0, 0.1) is 35.5 Å². The second kappa shape index (κ2) is 6.65. The van der Waals surface area contributed by atoms with Gasteiger partial charge in [0.2, 0.25) is 0 Å². The summed E-state index contributed by atoms with van der Waals surface area (Å²) in [5, 5.41) is 0. The van der Waals surface area contributed by atoms with E-state index in [9.17, 15) is 0 Å². The van der Waals surface area contributed by atoms with Gasteiger partial charge in [0.1, 0.15) is 0 Å². The maximum absolute atomic E-state index is 5.43. The molecule has 1 rings (SSSR count). The molecule has 0 aliphatic heterocycles. The molecule has 0 spiro atoms. The first-order chi connectivity index (χ1) is 7.45. The molecule has 1 saturated carbocycles. The highest BCUT2D eigenvalue weighted by atomic mass is 14.3. The molecule has 0 radical (unpaired) electrons. The predicted octanol–water partition coefficient (Wildman–Crippen LogP) is 4.65. The van der Waals surface area contributed by atoms with E-state index in [0.29, 0.717) is 5.41 Å². The van der Waals surface area contributed by atoms with Gasteiger partial charge in [0.25, 0.3) is 0 Å². The zero-order chi connectivity index (χ0) is 12.7. The molecule has 90 valence electrons. The molecule has 0 unspecified atom stereocenters. The fourth-order valence-electron chi connectivity index (χ4n) is 1.75. The second-order valence-corrected chi connectivity index (χ2v) is 5.37. The first-order valence-corrected chi connectivity index (χ1v) is 6.41. The van der Waals surface area contributed by atoms with Crippen LogP contribution in [-0.2, 0) is 0 Å². The van der Waals surface area contributed by atoms with E-state index in [1.165, 1.54) is 32.1 Å². The summed E-state index contributed by atoms with van der Waals surface area (Å²) in [6.07, 6.45) is 18.0. The van der Waals surface area contributed by atoms with E-state index >= 15 is 0 Å². The van der Waals surface area contributed by atoms with Gasteiger partial charge in [-0.3, -0.25) is 0 Å². The largest absolute Gasteiger partial charge is 0.120 e. The summed E-state index contributed by atoms with van der Waals surface area (Å²) in [6, 6.07) is 0. The highest BCUT2D eigenvalue weighted by Crippen LogP contribution is 2.39. The lowest BCUT2D eigenvalue weighted by Gasteiger charge is -2.18. The summed E-state index contributed by atoms with van der Waals surface area (Å²) in [5.41, 5.74) is 0.417. The number of hydrogen-bond acceptors (Lipinski definition) is 0. The van der Waals surface area contributed by atoms with Crippen molar-refractivity contribution in [2.75, 3.05) is 0 Å². The van der Waals surface area contributed by atoms with E-state index < -0.39 is 0 Å². The minimum absolute atomic E-state index is 0.111. The van der Waals surface area contributed by atoms with Gasteiger partial charge in [0.05, 0.1) is 0 Å². The minimum Gasteiger partial charge on any atom is -0.120 e. The quantitative estimate of drug-likeness (QED) is 0.592. The Labute approximate surface area is 102 Å². The third-order valence-corrected chi connectivity index (χ3v) is 3.82. The van der Waals surface area contributed by atoms with E-state index in [-0.39, 0.29) is 5.41 Å². The maximum Gasteiger partial charge on any atom is 0.0309 e. The number of hydrogen-bond donors (Lipinski definition) is 0. The van der Waals surface area contributed by atoms with Crippen molar-refractivity contribution in [1.29, 1.82) is 0 Å². The molecule has 0 aromatic rings. The van der Waals surface area contributed by atoms with Crippen LogP contribution in [0.4, 0.5) is 0 Å². The van der Waals surface area contributed by atoms with Gasteiger partial charge in [-0.2, -0.15) is 0 Å². The van der Waals surface area contributed by atoms with Crippen LogP contribution in [-0.4, -0.2) is 0 Å². The molecule has 1 aliphatic carbocycles. The van der Waals surface area contributed by atoms with Gasteiger partial charge in [0.15, 0.2) is 0 Å². The highest BCUT2D eigenvalue weighted by Gasteiger charge is 2.29. The van der Waals surface area contributed by atoms with Crippen LogP contribution >= 0.6 is 0 Å². The smallest absolute Gasteiger partial charge is 0.0309 e. The Kier molecular flexibility index (Phi) is 6.28. The van der Waals surface area contributed by atoms with E-state index in [2.05, 4.69) is 39.5 Å². The van der Waals surface area contributed by atoms with Crippen LogP contribution in [0.2, 0.25) is 0 Å². The van der Waals surface area contributed by atoms with Gasteiger partial charge >= 0.3 is 0 Å². The fraction of sp³-hybridized carbons (Fsp3) is 0.750. The lowest BCUT2D eigenvalue weighted by atomic mass is 9.85. The van der Waals surface area contributed by atoms with E-state index in [4.69, 9.17) is 12.8 Å². The molecule has 0 heterocycles. The summed E-state index contributed by atoms with van der Waals surface area (Å²) >= 11 is 0. The molecule has 0 bridgehead atoms. The van der Waals surface area contributed by atoms with Gasteiger partial charge in [-0.1, -0.05) is 32.6 Å². The number of rotatable bonds is 2. The zero-order valence-electron chi connectivity index (χ0n) is 11.4. The molecular formula is C16H26. The van der Waals surface area contributed by atoms with Gasteiger partial charge in [0, 0.05) is 10.8 Å². The summed E-state index contributed by atoms with van der Waals surface area (Å²) in [5.74, 6) is 5.62. The van der Waals surface area contributed by atoms with Gasteiger partial charge < -0.3 is 0 Å². The summed E-state index contributed by atoms with van der Waals surface area (Å²) < 4.78 is 0. The molecule has 0 aromatic heterocycles. The van der Waals surface area contributed by atoms with Crippen molar-refractivity contribution < 1.29 is 0 Å². The Hall–Kier alpha value is -0.880. The minimum atomic E-state index is 0.111. The van der Waals surface area contributed by atoms with Crippen LogP contribution in [0.25, 0.3) is 0 Å². The van der Waals surface area contributed by atoms with Crippen molar-refractivity contribution in [1.82, 2.24) is 0 Å². The van der Waals surface area contributed by atoms with Crippen LogP contribution in [0.5, 0.6) is 0 Å². The maximum atomic E-state index is 5.43. The molecule has 0 heteroatoms. The Balaban J connectivity index is 0.000000293. The third-order valence-electron chi connectivity index (χ3n) is 3.82. The van der Waals surface area contributed by atoms with Gasteiger partial charge in [-0.05, 0) is 39.5 Å². The van der Waals surface area contributed by atoms with Crippen molar-refractivity contribution in [3.8, 4) is 24.7 Å². The fourth-order valence-corrected chi connectivity index (χ4v) is 1.75. The van der Waals surface area contributed by atoms with Crippen molar-refractivity contribution in [3.63, 3.8) is 0 Å². The summed E-state index contributed by atoms with van der Waals surface area (Å²) in [6.45, 7) is 8.42. The lowest BCUT2D eigenvalue weighted by molar-refractivity contribution is 0.401. The average molecular weight is 218 g/mol. The normalized spacial score (nSPS) is 17.9. The third kappa shape index (κ3) is 4.76. The lowest BCUT2D eigenvalue weighted by Crippen LogP contribution is -2.10. The Morgan fingerprint density at radius 2 is 1.62 bits per heavy atom. The summed E-state index contributed by atoms with van der Waals surface area (Å²) in [7, 11) is 0. The average Bonchev–Trinajstić information content (AvgIpc) is 2.79. The van der Waals surface area contributed by atoms with Gasteiger partial charge in [-0.25, -0.2) is 0 Å². The molecular weight excluding hydrogens is 192 g/mol. The van der Waals surface area contributed by atoms with Crippen molar-refractivity contribution in [2.45, 2.75) is 66.2 Å².